The number of carbonyl (C=O) groups is 2. The summed E-state index contributed by atoms with van der Waals surface area (Å²) >= 11 is 0. The number of benzene rings is 1. The third-order valence-electron chi connectivity index (χ3n) is 3.26. The molecule has 22 heavy (non-hydrogen) atoms. The maximum atomic E-state index is 11.5. The van der Waals surface area contributed by atoms with Crippen molar-refractivity contribution in [3.8, 4) is 0 Å². The standard InChI is InChI=1S/C17H22O5/c1-21-16(19)15(17(20)22-2)10-6-9-14(18)12-11-13-7-4-3-5-8-13/h3-8,10,14-15,18H,9,11-12H2,1-2H3/b10-6-/t14-/m1/s1. The number of hydrogen-bond acceptors (Lipinski definition) is 5. The summed E-state index contributed by atoms with van der Waals surface area (Å²) in [6.45, 7) is 0. The van der Waals surface area contributed by atoms with Crippen LogP contribution in [0.5, 0.6) is 0 Å². The van der Waals surface area contributed by atoms with Crippen LogP contribution >= 0.6 is 0 Å². The molecule has 0 aliphatic rings. The maximum absolute atomic E-state index is 11.5. The van der Waals surface area contributed by atoms with E-state index in [2.05, 4.69) is 9.47 Å². The second-order valence-corrected chi connectivity index (χ2v) is 4.87. The Bertz CT molecular complexity index is 479. The van der Waals surface area contributed by atoms with Crippen LogP contribution in [0.1, 0.15) is 18.4 Å². The number of methoxy groups -OCH3 is 2. The van der Waals surface area contributed by atoms with E-state index in [0.717, 1.165) is 12.0 Å². The van der Waals surface area contributed by atoms with Crippen LogP contribution < -0.4 is 0 Å². The molecule has 0 saturated heterocycles. The minimum absolute atomic E-state index is 0.358. The number of hydrogen-bond donors (Lipinski definition) is 1. The SMILES string of the molecule is COC(=O)C(/C=C\C[C@@H](O)CCc1ccccc1)C(=O)OC. The highest BCUT2D eigenvalue weighted by Gasteiger charge is 2.25. The highest BCUT2D eigenvalue weighted by atomic mass is 16.5. The summed E-state index contributed by atoms with van der Waals surface area (Å²) in [5.41, 5.74) is 1.16. The van der Waals surface area contributed by atoms with Crippen LogP contribution in [0.2, 0.25) is 0 Å². The zero-order valence-electron chi connectivity index (χ0n) is 12.9. The lowest BCUT2D eigenvalue weighted by molar-refractivity contribution is -0.156. The average molecular weight is 306 g/mol. The van der Waals surface area contributed by atoms with Crippen molar-refractivity contribution in [1.82, 2.24) is 0 Å². The van der Waals surface area contributed by atoms with Crippen molar-refractivity contribution < 1.29 is 24.2 Å². The van der Waals surface area contributed by atoms with Crippen LogP contribution in [0.15, 0.2) is 42.5 Å². The molecule has 0 spiro atoms. The third-order valence-corrected chi connectivity index (χ3v) is 3.26. The van der Waals surface area contributed by atoms with Crippen molar-refractivity contribution in [3.05, 3.63) is 48.0 Å². The van der Waals surface area contributed by atoms with Gasteiger partial charge in [0.05, 0.1) is 20.3 Å². The molecule has 0 aromatic heterocycles. The van der Waals surface area contributed by atoms with Crippen LogP contribution in [-0.2, 0) is 25.5 Å². The van der Waals surface area contributed by atoms with Gasteiger partial charge < -0.3 is 14.6 Å². The largest absolute Gasteiger partial charge is 0.468 e. The molecule has 0 aliphatic carbocycles. The van der Waals surface area contributed by atoms with Crippen molar-refractivity contribution in [1.29, 1.82) is 0 Å². The van der Waals surface area contributed by atoms with Crippen LogP contribution in [0.4, 0.5) is 0 Å². The van der Waals surface area contributed by atoms with Crippen LogP contribution in [0.3, 0.4) is 0 Å². The molecule has 0 amide bonds. The van der Waals surface area contributed by atoms with E-state index in [4.69, 9.17) is 0 Å². The Balaban J connectivity index is 2.44. The molecular formula is C17H22O5. The van der Waals surface area contributed by atoms with Gasteiger partial charge in [-0.25, -0.2) is 0 Å². The molecule has 1 rings (SSSR count). The highest BCUT2D eigenvalue weighted by Crippen LogP contribution is 2.10. The molecule has 0 aliphatic heterocycles. The van der Waals surface area contributed by atoms with Gasteiger partial charge in [-0.15, -0.1) is 0 Å². The van der Waals surface area contributed by atoms with E-state index >= 15 is 0 Å². The Morgan fingerprint density at radius 1 is 1.14 bits per heavy atom. The predicted molar refractivity (Wildman–Crippen MR) is 82.0 cm³/mol. The Labute approximate surface area is 130 Å². The van der Waals surface area contributed by atoms with Gasteiger partial charge in [0.15, 0.2) is 5.92 Å². The summed E-state index contributed by atoms with van der Waals surface area (Å²) in [6, 6.07) is 9.88. The minimum atomic E-state index is -1.09. The molecule has 5 nitrogen and oxygen atoms in total. The average Bonchev–Trinajstić information content (AvgIpc) is 2.56. The fraction of sp³-hybridized carbons (Fsp3) is 0.412. The van der Waals surface area contributed by atoms with Gasteiger partial charge in [0.2, 0.25) is 0 Å². The van der Waals surface area contributed by atoms with Crippen molar-refractivity contribution in [2.45, 2.75) is 25.4 Å². The summed E-state index contributed by atoms with van der Waals surface area (Å²) in [4.78, 5) is 22.9. The Morgan fingerprint density at radius 2 is 1.73 bits per heavy atom. The monoisotopic (exact) mass is 306 g/mol. The second kappa shape index (κ2) is 9.73. The smallest absolute Gasteiger partial charge is 0.323 e. The third kappa shape index (κ3) is 6.10. The number of aryl methyl sites for hydroxylation is 1. The molecule has 1 atom stereocenters. The molecular weight excluding hydrogens is 284 g/mol. The zero-order valence-corrected chi connectivity index (χ0v) is 12.9. The van der Waals surface area contributed by atoms with Gasteiger partial charge in [-0.3, -0.25) is 9.59 Å². The first-order valence-corrected chi connectivity index (χ1v) is 7.12. The van der Waals surface area contributed by atoms with E-state index in [0.29, 0.717) is 12.8 Å². The first kappa shape index (κ1) is 17.9. The molecule has 1 N–H and O–H groups in total. The molecule has 1 aromatic carbocycles. The molecule has 120 valence electrons. The van der Waals surface area contributed by atoms with E-state index in [-0.39, 0.29) is 0 Å². The lowest BCUT2D eigenvalue weighted by Gasteiger charge is -2.10. The summed E-state index contributed by atoms with van der Waals surface area (Å²) in [5, 5.41) is 9.93. The Hall–Kier alpha value is -2.14. The predicted octanol–water partition coefficient (Wildman–Crippen LogP) is 1.89. The topological polar surface area (TPSA) is 72.8 Å². The highest BCUT2D eigenvalue weighted by molar-refractivity contribution is 5.96. The summed E-state index contributed by atoms with van der Waals surface area (Å²) < 4.78 is 9.09. The van der Waals surface area contributed by atoms with E-state index in [1.165, 1.54) is 20.3 Å². The summed E-state index contributed by atoms with van der Waals surface area (Å²) in [7, 11) is 2.42. The second-order valence-electron chi connectivity index (χ2n) is 4.87. The first-order chi connectivity index (χ1) is 10.6. The fourth-order valence-corrected chi connectivity index (χ4v) is 1.97. The fourth-order valence-electron chi connectivity index (χ4n) is 1.97. The molecule has 0 unspecified atom stereocenters. The first-order valence-electron chi connectivity index (χ1n) is 7.12. The number of rotatable bonds is 8. The van der Waals surface area contributed by atoms with Gasteiger partial charge in [-0.05, 0) is 24.8 Å². The quantitative estimate of drug-likeness (QED) is 0.451. The molecule has 0 fully saturated rings. The molecule has 0 heterocycles. The maximum Gasteiger partial charge on any atom is 0.323 e. The van der Waals surface area contributed by atoms with Crippen molar-refractivity contribution in [3.63, 3.8) is 0 Å². The van der Waals surface area contributed by atoms with Gasteiger partial charge in [0.25, 0.3) is 0 Å². The lowest BCUT2D eigenvalue weighted by atomic mass is 10.0. The van der Waals surface area contributed by atoms with Crippen molar-refractivity contribution in [2.75, 3.05) is 14.2 Å². The number of esters is 2. The van der Waals surface area contributed by atoms with E-state index in [1.54, 1.807) is 6.08 Å². The minimum Gasteiger partial charge on any atom is -0.468 e. The van der Waals surface area contributed by atoms with Crippen LogP contribution in [0.25, 0.3) is 0 Å². The summed E-state index contributed by atoms with van der Waals surface area (Å²) in [6.07, 6.45) is 4.21. The molecule has 5 heteroatoms. The lowest BCUT2D eigenvalue weighted by Crippen LogP contribution is -2.24. The van der Waals surface area contributed by atoms with Crippen LogP contribution in [0, 0.1) is 5.92 Å². The van der Waals surface area contributed by atoms with Gasteiger partial charge >= 0.3 is 11.9 Å². The van der Waals surface area contributed by atoms with E-state index < -0.39 is 24.0 Å². The molecule has 0 saturated carbocycles. The summed E-state index contributed by atoms with van der Waals surface area (Å²) in [5.74, 6) is -2.44. The van der Waals surface area contributed by atoms with Crippen LogP contribution in [-0.4, -0.2) is 37.4 Å². The van der Waals surface area contributed by atoms with E-state index in [1.807, 2.05) is 30.3 Å². The van der Waals surface area contributed by atoms with Gasteiger partial charge in [0.1, 0.15) is 0 Å². The number of carbonyl (C=O) groups excluding carboxylic acids is 2. The molecule has 0 radical (unpaired) electrons. The van der Waals surface area contributed by atoms with Gasteiger partial charge in [-0.1, -0.05) is 42.5 Å². The van der Waals surface area contributed by atoms with Crippen molar-refractivity contribution >= 4 is 11.9 Å². The Kier molecular flexibility index (Phi) is 7.92. The van der Waals surface area contributed by atoms with E-state index in [9.17, 15) is 14.7 Å². The number of aliphatic hydroxyl groups is 1. The normalized spacial score (nSPS) is 12.4. The molecule has 0 bridgehead atoms. The zero-order chi connectivity index (χ0) is 16.4. The van der Waals surface area contributed by atoms with Gasteiger partial charge in [0, 0.05) is 0 Å². The number of aliphatic hydroxyl groups excluding tert-OH is 1. The van der Waals surface area contributed by atoms with Gasteiger partial charge in [-0.2, -0.15) is 0 Å². The van der Waals surface area contributed by atoms with Crippen molar-refractivity contribution in [2.24, 2.45) is 5.92 Å². The number of ether oxygens (including phenoxy) is 2. The molecule has 1 aromatic rings. The Morgan fingerprint density at radius 3 is 2.27 bits per heavy atom.